The van der Waals surface area contributed by atoms with Gasteiger partial charge in [0, 0.05) is 17.4 Å². The summed E-state index contributed by atoms with van der Waals surface area (Å²) in [4.78, 5) is 0. The van der Waals surface area contributed by atoms with Gasteiger partial charge in [0.15, 0.2) is 0 Å². The minimum atomic E-state index is -4.39. The smallest absolute Gasteiger partial charge is 0.399 e. The molecule has 0 aromatic heterocycles. The molecule has 0 saturated heterocycles. The molecule has 1 aromatic carbocycles. The summed E-state index contributed by atoms with van der Waals surface area (Å²) in [5.41, 5.74) is 4.92. The molecule has 1 atom stereocenters. The molecule has 0 saturated carbocycles. The van der Waals surface area contributed by atoms with Crippen LogP contribution in [0.2, 0.25) is 0 Å². The average molecular weight is 260 g/mol. The van der Waals surface area contributed by atoms with Gasteiger partial charge in [0.25, 0.3) is 0 Å². The lowest BCUT2D eigenvalue weighted by molar-refractivity contribution is -0.136. The highest BCUT2D eigenvalue weighted by Crippen LogP contribution is 2.36. The minimum absolute atomic E-state index is 0.00896. The molecular weight excluding hydrogens is 241 g/mol. The topological polar surface area (TPSA) is 38.0 Å². The number of rotatable bonds is 5. The number of nitrogens with one attached hydrogen (secondary N) is 1. The Morgan fingerprint density at radius 1 is 1.33 bits per heavy atom. The predicted octanol–water partition coefficient (Wildman–Crippen LogP) is 4.28. The third kappa shape index (κ3) is 4.13. The molecule has 18 heavy (non-hydrogen) atoms. The maximum Gasteiger partial charge on any atom is 0.418 e. The van der Waals surface area contributed by atoms with Crippen LogP contribution in [-0.4, -0.2) is 6.04 Å². The summed E-state index contributed by atoms with van der Waals surface area (Å²) in [7, 11) is 0. The highest BCUT2D eigenvalue weighted by molar-refractivity contribution is 5.59. The van der Waals surface area contributed by atoms with Gasteiger partial charge in [0.05, 0.1) is 5.56 Å². The van der Waals surface area contributed by atoms with Crippen molar-refractivity contribution < 1.29 is 13.2 Å². The number of benzene rings is 1. The van der Waals surface area contributed by atoms with Gasteiger partial charge in [-0.15, -0.1) is 0 Å². The van der Waals surface area contributed by atoms with E-state index in [1.165, 1.54) is 12.1 Å². The van der Waals surface area contributed by atoms with Gasteiger partial charge in [-0.05, 0) is 31.5 Å². The van der Waals surface area contributed by atoms with Crippen molar-refractivity contribution in [2.24, 2.45) is 0 Å². The number of nitrogen functional groups attached to an aromatic ring is 1. The van der Waals surface area contributed by atoms with Gasteiger partial charge in [-0.3, -0.25) is 0 Å². The fourth-order valence-corrected chi connectivity index (χ4v) is 1.77. The Labute approximate surface area is 105 Å². The van der Waals surface area contributed by atoms with Crippen molar-refractivity contribution in [2.75, 3.05) is 11.1 Å². The molecule has 0 bridgehead atoms. The second-order valence-corrected chi connectivity index (χ2v) is 4.49. The van der Waals surface area contributed by atoms with Crippen molar-refractivity contribution >= 4 is 11.4 Å². The van der Waals surface area contributed by atoms with E-state index in [2.05, 4.69) is 12.2 Å². The van der Waals surface area contributed by atoms with E-state index >= 15 is 0 Å². The number of alkyl halides is 3. The quantitative estimate of drug-likeness (QED) is 0.775. The molecule has 0 fully saturated rings. The molecule has 0 heterocycles. The molecule has 1 unspecified atom stereocenters. The van der Waals surface area contributed by atoms with Crippen LogP contribution in [0.5, 0.6) is 0 Å². The van der Waals surface area contributed by atoms with Crippen molar-refractivity contribution in [1.29, 1.82) is 0 Å². The number of nitrogens with two attached hydrogens (primary N) is 1. The second kappa shape index (κ2) is 5.98. The van der Waals surface area contributed by atoms with Crippen LogP contribution in [-0.2, 0) is 6.18 Å². The highest BCUT2D eigenvalue weighted by Gasteiger charge is 2.33. The molecule has 5 heteroatoms. The highest BCUT2D eigenvalue weighted by atomic mass is 19.4. The fourth-order valence-electron chi connectivity index (χ4n) is 1.77. The van der Waals surface area contributed by atoms with Crippen LogP contribution < -0.4 is 11.1 Å². The molecular formula is C13H19F3N2. The number of hydrogen-bond donors (Lipinski definition) is 2. The maximum absolute atomic E-state index is 12.8. The van der Waals surface area contributed by atoms with Gasteiger partial charge < -0.3 is 11.1 Å². The number of hydrogen-bond acceptors (Lipinski definition) is 2. The number of unbranched alkanes of at least 4 members (excludes halogenated alkanes) is 1. The van der Waals surface area contributed by atoms with E-state index in [-0.39, 0.29) is 17.4 Å². The first-order valence-corrected chi connectivity index (χ1v) is 6.08. The molecule has 1 rings (SSSR count). The number of anilines is 2. The SMILES string of the molecule is CCCCC(C)Nc1ccc(N)cc1C(F)(F)F. The Balaban J connectivity index is 2.88. The predicted molar refractivity (Wildman–Crippen MR) is 68.5 cm³/mol. The molecule has 102 valence electrons. The van der Waals surface area contributed by atoms with Gasteiger partial charge in [0.2, 0.25) is 0 Å². The monoisotopic (exact) mass is 260 g/mol. The molecule has 2 nitrogen and oxygen atoms in total. The molecule has 0 radical (unpaired) electrons. The summed E-state index contributed by atoms with van der Waals surface area (Å²) >= 11 is 0. The van der Waals surface area contributed by atoms with Crippen molar-refractivity contribution in [3.8, 4) is 0 Å². The van der Waals surface area contributed by atoms with Crippen molar-refractivity contribution in [3.05, 3.63) is 23.8 Å². The van der Waals surface area contributed by atoms with Gasteiger partial charge >= 0.3 is 6.18 Å². The summed E-state index contributed by atoms with van der Waals surface area (Å²) in [5, 5.41) is 2.90. The molecule has 1 aromatic rings. The van der Waals surface area contributed by atoms with E-state index in [4.69, 9.17) is 5.73 Å². The first-order chi connectivity index (χ1) is 8.34. The van der Waals surface area contributed by atoms with E-state index in [1.54, 1.807) is 0 Å². The standard InChI is InChI=1S/C13H19F3N2/c1-3-4-5-9(2)18-12-7-6-10(17)8-11(12)13(14,15)16/h6-9,18H,3-5,17H2,1-2H3. The average Bonchev–Trinajstić information content (AvgIpc) is 2.27. The molecule has 0 spiro atoms. The van der Waals surface area contributed by atoms with Gasteiger partial charge in [-0.1, -0.05) is 19.8 Å². The first-order valence-electron chi connectivity index (χ1n) is 6.08. The van der Waals surface area contributed by atoms with Crippen LogP contribution in [0.25, 0.3) is 0 Å². The van der Waals surface area contributed by atoms with Crippen LogP contribution in [0.4, 0.5) is 24.5 Å². The Hall–Kier alpha value is -1.39. The summed E-state index contributed by atoms with van der Waals surface area (Å²) in [6, 6.07) is 3.84. The van der Waals surface area contributed by atoms with Crippen LogP contribution in [0.1, 0.15) is 38.7 Å². The lowest BCUT2D eigenvalue weighted by Crippen LogP contribution is -2.18. The maximum atomic E-state index is 12.8. The first kappa shape index (κ1) is 14.7. The van der Waals surface area contributed by atoms with Gasteiger partial charge in [0.1, 0.15) is 0 Å². The zero-order valence-electron chi connectivity index (χ0n) is 10.6. The summed E-state index contributed by atoms with van der Waals surface area (Å²) in [5.74, 6) is 0. The minimum Gasteiger partial charge on any atom is -0.399 e. The third-order valence-corrected chi connectivity index (χ3v) is 2.74. The van der Waals surface area contributed by atoms with Crippen molar-refractivity contribution in [1.82, 2.24) is 0 Å². The van der Waals surface area contributed by atoms with E-state index < -0.39 is 11.7 Å². The summed E-state index contributed by atoms with van der Waals surface area (Å²) in [6.45, 7) is 3.93. The third-order valence-electron chi connectivity index (χ3n) is 2.74. The second-order valence-electron chi connectivity index (χ2n) is 4.49. The lowest BCUT2D eigenvalue weighted by atomic mass is 10.1. The lowest BCUT2D eigenvalue weighted by Gasteiger charge is -2.19. The molecule has 0 aliphatic rings. The Morgan fingerprint density at radius 2 is 2.00 bits per heavy atom. The van der Waals surface area contributed by atoms with E-state index in [1.807, 2.05) is 6.92 Å². The van der Waals surface area contributed by atoms with Gasteiger partial charge in [-0.25, -0.2) is 0 Å². The summed E-state index contributed by atoms with van der Waals surface area (Å²) in [6.07, 6.45) is -1.52. The van der Waals surface area contributed by atoms with Crippen LogP contribution >= 0.6 is 0 Å². The van der Waals surface area contributed by atoms with Crippen LogP contribution in [0.3, 0.4) is 0 Å². The summed E-state index contributed by atoms with van der Waals surface area (Å²) < 4.78 is 38.5. The molecule has 0 aliphatic carbocycles. The molecule has 3 N–H and O–H groups in total. The van der Waals surface area contributed by atoms with Crippen molar-refractivity contribution in [3.63, 3.8) is 0 Å². The fraction of sp³-hybridized carbons (Fsp3) is 0.538. The Bertz CT molecular complexity index is 388. The van der Waals surface area contributed by atoms with E-state index in [0.29, 0.717) is 0 Å². The normalized spacial score (nSPS) is 13.4. The van der Waals surface area contributed by atoms with Crippen LogP contribution in [0, 0.1) is 0 Å². The van der Waals surface area contributed by atoms with Crippen LogP contribution in [0.15, 0.2) is 18.2 Å². The number of halogens is 3. The molecule has 0 amide bonds. The largest absolute Gasteiger partial charge is 0.418 e. The zero-order valence-corrected chi connectivity index (χ0v) is 10.6. The van der Waals surface area contributed by atoms with E-state index in [9.17, 15) is 13.2 Å². The Kier molecular flexibility index (Phi) is 4.87. The zero-order chi connectivity index (χ0) is 13.8. The Morgan fingerprint density at radius 3 is 2.56 bits per heavy atom. The van der Waals surface area contributed by atoms with Crippen molar-refractivity contribution in [2.45, 2.75) is 45.3 Å². The van der Waals surface area contributed by atoms with Gasteiger partial charge in [-0.2, -0.15) is 13.2 Å². The van der Waals surface area contributed by atoms with E-state index in [0.717, 1.165) is 25.3 Å². The molecule has 0 aliphatic heterocycles.